The molecule has 0 saturated heterocycles. The standard InChI is InChI=1S/C24H15FN6O2/c25-14-5-12(6-15(32)8-14)17-3-4-27-24-18(17)9-21(29-24)23-22-20(30-31-23)2-1-19(28-22)13-7-16(33)11-26-10-13/h1-11,32-33H,(H,27,29)(H,30,31). The molecule has 0 saturated carbocycles. The van der Waals surface area contributed by atoms with E-state index >= 15 is 0 Å². The molecule has 6 rings (SSSR count). The van der Waals surface area contributed by atoms with Gasteiger partial charge in [-0.25, -0.2) is 14.4 Å². The van der Waals surface area contributed by atoms with E-state index in [1.165, 1.54) is 18.3 Å². The number of benzene rings is 1. The van der Waals surface area contributed by atoms with Gasteiger partial charge in [-0.1, -0.05) is 0 Å². The number of aromatic nitrogens is 6. The number of hydrogen-bond acceptors (Lipinski definition) is 6. The van der Waals surface area contributed by atoms with Gasteiger partial charge in [0.15, 0.2) is 0 Å². The molecule has 160 valence electrons. The number of nitrogens with zero attached hydrogens (tertiary/aromatic N) is 4. The first kappa shape index (κ1) is 18.9. The molecule has 0 fully saturated rings. The lowest BCUT2D eigenvalue weighted by atomic mass is 10.0. The normalized spacial score (nSPS) is 11.4. The second kappa shape index (κ2) is 7.13. The topological polar surface area (TPSA) is 124 Å². The van der Waals surface area contributed by atoms with Crippen LogP contribution in [0.15, 0.2) is 67.1 Å². The van der Waals surface area contributed by atoms with E-state index in [-0.39, 0.29) is 11.5 Å². The van der Waals surface area contributed by atoms with Crippen molar-refractivity contribution in [2.45, 2.75) is 0 Å². The Labute approximate surface area is 185 Å². The summed E-state index contributed by atoms with van der Waals surface area (Å²) < 4.78 is 13.9. The van der Waals surface area contributed by atoms with Crippen LogP contribution in [0.25, 0.3) is 55.8 Å². The third-order valence-corrected chi connectivity index (χ3v) is 5.41. The Morgan fingerprint density at radius 2 is 1.76 bits per heavy atom. The number of nitrogens with one attached hydrogen (secondary N) is 2. The zero-order valence-corrected chi connectivity index (χ0v) is 16.9. The lowest BCUT2D eigenvalue weighted by Gasteiger charge is -2.04. The molecule has 0 amide bonds. The van der Waals surface area contributed by atoms with Gasteiger partial charge in [-0.3, -0.25) is 10.1 Å². The quantitative estimate of drug-likeness (QED) is 0.315. The Morgan fingerprint density at radius 1 is 0.879 bits per heavy atom. The molecule has 0 spiro atoms. The molecule has 0 unspecified atom stereocenters. The summed E-state index contributed by atoms with van der Waals surface area (Å²) in [7, 11) is 0. The van der Waals surface area contributed by atoms with Crippen LogP contribution in [0.2, 0.25) is 0 Å². The molecule has 5 aromatic heterocycles. The number of phenolic OH excluding ortho intramolecular Hbond substituents is 1. The third-order valence-electron chi connectivity index (χ3n) is 5.41. The average Bonchev–Trinajstić information content (AvgIpc) is 3.41. The molecule has 0 bridgehead atoms. The van der Waals surface area contributed by atoms with E-state index in [0.29, 0.717) is 39.4 Å². The van der Waals surface area contributed by atoms with Crippen molar-refractivity contribution >= 4 is 22.1 Å². The van der Waals surface area contributed by atoms with Gasteiger partial charge in [-0.2, -0.15) is 5.10 Å². The van der Waals surface area contributed by atoms with Crippen molar-refractivity contribution in [3.8, 4) is 45.3 Å². The van der Waals surface area contributed by atoms with E-state index in [1.54, 1.807) is 24.5 Å². The Bertz CT molecular complexity index is 1650. The van der Waals surface area contributed by atoms with Crippen LogP contribution in [-0.2, 0) is 0 Å². The van der Waals surface area contributed by atoms with Gasteiger partial charge in [0.25, 0.3) is 0 Å². The maximum atomic E-state index is 13.9. The molecule has 5 heterocycles. The van der Waals surface area contributed by atoms with Crippen molar-refractivity contribution < 1.29 is 14.6 Å². The Morgan fingerprint density at radius 3 is 2.61 bits per heavy atom. The summed E-state index contributed by atoms with van der Waals surface area (Å²) in [6.45, 7) is 0. The average molecular weight is 438 g/mol. The van der Waals surface area contributed by atoms with Gasteiger partial charge in [0.1, 0.15) is 34.2 Å². The monoisotopic (exact) mass is 438 g/mol. The van der Waals surface area contributed by atoms with E-state index in [2.05, 4.69) is 25.1 Å². The maximum absolute atomic E-state index is 13.9. The number of aromatic hydroxyl groups is 2. The molecule has 8 nitrogen and oxygen atoms in total. The second-order valence-corrected chi connectivity index (χ2v) is 7.60. The fraction of sp³-hybridized carbons (Fsp3) is 0. The number of H-pyrrole nitrogens is 2. The summed E-state index contributed by atoms with van der Waals surface area (Å²) in [5.41, 5.74) is 5.80. The molecule has 0 atom stereocenters. The molecule has 1 aromatic carbocycles. The number of pyridine rings is 3. The second-order valence-electron chi connectivity index (χ2n) is 7.60. The fourth-order valence-corrected chi connectivity index (χ4v) is 3.95. The van der Waals surface area contributed by atoms with Crippen molar-refractivity contribution in [3.05, 3.63) is 72.9 Å². The maximum Gasteiger partial charge on any atom is 0.138 e. The van der Waals surface area contributed by atoms with Gasteiger partial charge in [0.05, 0.1) is 23.1 Å². The first-order valence-corrected chi connectivity index (χ1v) is 10.0. The molecule has 6 aromatic rings. The first-order valence-electron chi connectivity index (χ1n) is 10.0. The molecule has 0 radical (unpaired) electrons. The van der Waals surface area contributed by atoms with Crippen molar-refractivity contribution in [2.24, 2.45) is 0 Å². The van der Waals surface area contributed by atoms with Crippen LogP contribution in [0.1, 0.15) is 0 Å². The minimum Gasteiger partial charge on any atom is -0.508 e. The first-order chi connectivity index (χ1) is 16.0. The van der Waals surface area contributed by atoms with Crippen LogP contribution < -0.4 is 0 Å². The third kappa shape index (κ3) is 3.23. The van der Waals surface area contributed by atoms with E-state index < -0.39 is 5.82 Å². The Balaban J connectivity index is 1.51. The highest BCUT2D eigenvalue weighted by Gasteiger charge is 2.16. The SMILES string of the molecule is Oc1cncc(-c2ccc3[nH]nc(-c4cc5c(-c6cc(O)cc(F)c6)ccnc5[nH]4)c3n2)c1. The van der Waals surface area contributed by atoms with Crippen LogP contribution in [-0.4, -0.2) is 40.3 Å². The van der Waals surface area contributed by atoms with Crippen LogP contribution in [0.3, 0.4) is 0 Å². The molecule has 0 aliphatic carbocycles. The molecular weight excluding hydrogens is 423 g/mol. The van der Waals surface area contributed by atoms with Crippen molar-refractivity contribution in [1.82, 2.24) is 30.1 Å². The van der Waals surface area contributed by atoms with Gasteiger partial charge >= 0.3 is 0 Å². The van der Waals surface area contributed by atoms with E-state index in [4.69, 9.17) is 4.98 Å². The zero-order valence-electron chi connectivity index (χ0n) is 16.9. The number of hydrogen-bond donors (Lipinski definition) is 4. The Hall–Kier alpha value is -4.79. The lowest BCUT2D eigenvalue weighted by molar-refractivity contribution is 0.469. The summed E-state index contributed by atoms with van der Waals surface area (Å²) >= 11 is 0. The van der Waals surface area contributed by atoms with Crippen molar-refractivity contribution in [2.75, 3.05) is 0 Å². The number of phenols is 1. The van der Waals surface area contributed by atoms with Crippen molar-refractivity contribution in [3.63, 3.8) is 0 Å². The predicted molar refractivity (Wildman–Crippen MR) is 121 cm³/mol. The molecule has 33 heavy (non-hydrogen) atoms. The van der Waals surface area contributed by atoms with Crippen LogP contribution >= 0.6 is 0 Å². The van der Waals surface area contributed by atoms with Crippen LogP contribution in [0, 0.1) is 5.82 Å². The largest absolute Gasteiger partial charge is 0.508 e. The summed E-state index contributed by atoms with van der Waals surface area (Å²) in [4.78, 5) is 16.4. The van der Waals surface area contributed by atoms with Gasteiger partial charge in [0.2, 0.25) is 0 Å². The van der Waals surface area contributed by atoms with Gasteiger partial charge < -0.3 is 15.2 Å². The zero-order chi connectivity index (χ0) is 22.5. The van der Waals surface area contributed by atoms with E-state index in [0.717, 1.165) is 22.5 Å². The predicted octanol–water partition coefficient (Wildman–Crippen LogP) is 4.78. The fourth-order valence-electron chi connectivity index (χ4n) is 3.95. The van der Waals surface area contributed by atoms with Crippen LogP contribution in [0.5, 0.6) is 11.5 Å². The number of rotatable bonds is 3. The van der Waals surface area contributed by atoms with Gasteiger partial charge in [-0.05, 0) is 53.6 Å². The number of fused-ring (bicyclic) bond motifs is 2. The molecule has 0 aliphatic heterocycles. The summed E-state index contributed by atoms with van der Waals surface area (Å²) in [6.07, 6.45) is 4.60. The number of aromatic amines is 2. The highest BCUT2D eigenvalue weighted by Crippen LogP contribution is 2.34. The van der Waals surface area contributed by atoms with Gasteiger partial charge in [-0.15, -0.1) is 0 Å². The summed E-state index contributed by atoms with van der Waals surface area (Å²) in [6, 6.07) is 12.8. The highest BCUT2D eigenvalue weighted by atomic mass is 19.1. The van der Waals surface area contributed by atoms with Gasteiger partial charge in [0, 0.05) is 29.4 Å². The lowest BCUT2D eigenvalue weighted by Crippen LogP contribution is -1.87. The molecule has 9 heteroatoms. The Kier molecular flexibility index (Phi) is 4.09. The number of halogens is 1. The highest BCUT2D eigenvalue weighted by molar-refractivity contribution is 5.99. The smallest absolute Gasteiger partial charge is 0.138 e. The molecule has 0 aliphatic rings. The van der Waals surface area contributed by atoms with E-state index in [9.17, 15) is 14.6 Å². The minimum atomic E-state index is -0.526. The van der Waals surface area contributed by atoms with Crippen LogP contribution in [0.4, 0.5) is 4.39 Å². The summed E-state index contributed by atoms with van der Waals surface area (Å²) in [5, 5.41) is 27.8. The summed E-state index contributed by atoms with van der Waals surface area (Å²) in [5.74, 6) is -0.621. The molecular formula is C24H15FN6O2. The van der Waals surface area contributed by atoms with Crippen molar-refractivity contribution in [1.29, 1.82) is 0 Å². The molecule has 4 N–H and O–H groups in total. The minimum absolute atomic E-state index is 0.0550. The van der Waals surface area contributed by atoms with E-state index in [1.807, 2.05) is 18.2 Å².